The van der Waals surface area contributed by atoms with Crippen molar-refractivity contribution in [3.8, 4) is 20.4 Å². The predicted molar refractivity (Wildman–Crippen MR) is 217 cm³/mol. The maximum Gasteiger partial charge on any atom is 0.155 e. The van der Waals surface area contributed by atoms with Crippen LogP contribution in [0.25, 0.3) is 51.3 Å². The third-order valence-electron chi connectivity index (χ3n) is 10.5. The van der Waals surface area contributed by atoms with Crippen LogP contribution in [0.15, 0.2) is 52.9 Å². The van der Waals surface area contributed by atoms with Crippen molar-refractivity contribution >= 4 is 99.4 Å². The summed E-state index contributed by atoms with van der Waals surface area (Å²) in [7, 11) is 0. The molecule has 1 aliphatic rings. The lowest BCUT2D eigenvalue weighted by atomic mass is 9.82. The van der Waals surface area contributed by atoms with Crippen molar-refractivity contribution in [3.63, 3.8) is 0 Å². The minimum atomic E-state index is -0.141. The van der Waals surface area contributed by atoms with E-state index in [1.807, 2.05) is 22.7 Å². The molecule has 0 saturated heterocycles. The standard InChI is InChI=1S/C40H43NOS5/c1-9-12-19-39(6,7)36-34-33(37(43)41(22(4)5)38(34)44)35(42-36)30-18-17-29(46-30)31-20-25-23-14-16-28-26(24(23)13-15-27(25)45-31)21-32(47-28)40(8,10-2)11-3/h13-18,20-22H,9-12,19H2,1-8H3. The zero-order valence-corrected chi connectivity index (χ0v) is 32.7. The van der Waals surface area contributed by atoms with Crippen LogP contribution < -0.4 is 0 Å². The number of benzene rings is 2. The Labute approximate surface area is 301 Å². The van der Waals surface area contributed by atoms with Gasteiger partial charge in [0.1, 0.15) is 15.7 Å². The van der Waals surface area contributed by atoms with Crippen LogP contribution in [-0.4, -0.2) is 20.9 Å². The van der Waals surface area contributed by atoms with E-state index in [-0.39, 0.29) is 16.9 Å². The summed E-state index contributed by atoms with van der Waals surface area (Å²) in [4.78, 5) is 8.88. The molecule has 0 spiro atoms. The van der Waals surface area contributed by atoms with Crippen molar-refractivity contribution in [2.24, 2.45) is 0 Å². The van der Waals surface area contributed by atoms with Gasteiger partial charge in [0.15, 0.2) is 5.76 Å². The first-order valence-corrected chi connectivity index (χ1v) is 20.2. The van der Waals surface area contributed by atoms with Crippen LogP contribution in [0.2, 0.25) is 0 Å². The fraction of sp³-hybridized carbons (Fsp3) is 0.400. The van der Waals surface area contributed by atoms with E-state index < -0.39 is 0 Å². The van der Waals surface area contributed by atoms with Gasteiger partial charge in [0, 0.05) is 51.7 Å². The fourth-order valence-electron chi connectivity index (χ4n) is 7.08. The lowest BCUT2D eigenvalue weighted by Crippen LogP contribution is -2.35. The van der Waals surface area contributed by atoms with Crippen molar-refractivity contribution in [2.75, 3.05) is 0 Å². The Morgan fingerprint density at radius 3 is 1.98 bits per heavy atom. The van der Waals surface area contributed by atoms with Crippen LogP contribution in [0.5, 0.6) is 0 Å². The largest absolute Gasteiger partial charge is 0.458 e. The quantitative estimate of drug-likeness (QED) is 0.131. The number of nitrogens with zero attached hydrogens (tertiary/aromatic N) is 1. The highest BCUT2D eigenvalue weighted by atomic mass is 32.1. The normalized spacial score (nSPS) is 14.2. The summed E-state index contributed by atoms with van der Waals surface area (Å²) in [5, 5.41) is 5.41. The molecule has 4 aromatic heterocycles. The molecule has 7 rings (SSSR count). The molecule has 0 atom stereocenters. The minimum absolute atomic E-state index is 0.141. The number of fused-ring (bicyclic) bond motifs is 6. The summed E-state index contributed by atoms with van der Waals surface area (Å²) in [5.74, 6) is 1.86. The Kier molecular flexibility index (Phi) is 8.57. The SMILES string of the molecule is CCCCC(C)(C)c1oc(-c2ccc(-c3cc4c(ccc5c6cc(C(C)(CC)CC)sc6ccc45)s3)s2)c2c1C(=S)N(C(C)C)C2=S. The molecule has 1 aliphatic heterocycles. The van der Waals surface area contributed by atoms with Gasteiger partial charge in [-0.05, 0) is 80.3 Å². The van der Waals surface area contributed by atoms with E-state index >= 15 is 0 Å². The fourth-order valence-corrected chi connectivity index (χ4v) is 11.6. The summed E-state index contributed by atoms with van der Waals surface area (Å²) in [6, 6.07) is 18.8. The first kappa shape index (κ1) is 33.1. The lowest BCUT2D eigenvalue weighted by Gasteiger charge is -2.26. The Morgan fingerprint density at radius 1 is 0.723 bits per heavy atom. The topological polar surface area (TPSA) is 16.4 Å². The van der Waals surface area contributed by atoms with E-state index in [0.29, 0.717) is 0 Å². The third-order valence-corrected chi connectivity index (χ3v) is 15.1. The molecule has 0 aliphatic carbocycles. The highest BCUT2D eigenvalue weighted by molar-refractivity contribution is 7.82. The van der Waals surface area contributed by atoms with Crippen molar-refractivity contribution in [1.82, 2.24) is 4.90 Å². The smallest absolute Gasteiger partial charge is 0.155 e. The molecule has 0 bridgehead atoms. The molecule has 5 heterocycles. The minimum Gasteiger partial charge on any atom is -0.458 e. The van der Waals surface area contributed by atoms with Gasteiger partial charge in [-0.2, -0.15) is 0 Å². The van der Waals surface area contributed by atoms with Crippen molar-refractivity contribution < 1.29 is 4.42 Å². The van der Waals surface area contributed by atoms with Crippen LogP contribution in [-0.2, 0) is 10.8 Å². The molecule has 2 nitrogen and oxygen atoms in total. The highest BCUT2D eigenvalue weighted by Crippen LogP contribution is 2.49. The molecule has 0 amide bonds. The van der Waals surface area contributed by atoms with Gasteiger partial charge in [-0.25, -0.2) is 0 Å². The molecule has 0 saturated carbocycles. The number of rotatable bonds is 10. The molecule has 0 N–H and O–H groups in total. The van der Waals surface area contributed by atoms with E-state index in [4.69, 9.17) is 28.9 Å². The maximum absolute atomic E-state index is 6.87. The second-order valence-corrected chi connectivity index (χ2v) is 18.3. The van der Waals surface area contributed by atoms with Crippen LogP contribution >= 0.6 is 58.4 Å². The van der Waals surface area contributed by atoms with Gasteiger partial charge < -0.3 is 9.32 Å². The maximum atomic E-state index is 6.87. The Morgan fingerprint density at radius 2 is 1.34 bits per heavy atom. The molecule has 47 heavy (non-hydrogen) atoms. The summed E-state index contributed by atoms with van der Waals surface area (Å²) in [6.07, 6.45) is 5.64. The summed E-state index contributed by atoms with van der Waals surface area (Å²) < 4.78 is 9.57. The van der Waals surface area contributed by atoms with Crippen LogP contribution in [0.3, 0.4) is 0 Å². The number of thiophene rings is 3. The first-order chi connectivity index (χ1) is 22.4. The average Bonchev–Trinajstić information content (AvgIpc) is 3.87. The van der Waals surface area contributed by atoms with Gasteiger partial charge in [-0.3, -0.25) is 0 Å². The third kappa shape index (κ3) is 5.27. The predicted octanol–water partition coefficient (Wildman–Crippen LogP) is 13.9. The van der Waals surface area contributed by atoms with Gasteiger partial charge >= 0.3 is 0 Å². The lowest BCUT2D eigenvalue weighted by molar-refractivity contribution is 0.359. The number of hydrogen-bond donors (Lipinski definition) is 0. The van der Waals surface area contributed by atoms with Crippen molar-refractivity contribution in [3.05, 3.63) is 70.3 Å². The number of hydrogen-bond acceptors (Lipinski definition) is 6. The second-order valence-electron chi connectivity index (χ2n) is 14.3. The molecule has 6 aromatic rings. The monoisotopic (exact) mass is 713 g/mol. The van der Waals surface area contributed by atoms with Gasteiger partial charge in [-0.15, -0.1) is 34.0 Å². The number of furan rings is 1. The molecule has 2 aromatic carbocycles. The Bertz CT molecular complexity index is 2180. The molecule has 7 heteroatoms. The van der Waals surface area contributed by atoms with Gasteiger partial charge in [0.05, 0.1) is 16.0 Å². The average molecular weight is 714 g/mol. The zero-order chi connectivity index (χ0) is 33.4. The molecule has 0 unspecified atom stereocenters. The van der Waals surface area contributed by atoms with E-state index in [0.717, 1.165) is 69.6 Å². The Balaban J connectivity index is 1.31. The van der Waals surface area contributed by atoms with Crippen molar-refractivity contribution in [1.29, 1.82) is 0 Å². The van der Waals surface area contributed by atoms with E-state index in [2.05, 4.69) is 109 Å². The van der Waals surface area contributed by atoms with Crippen LogP contribution in [0.4, 0.5) is 0 Å². The summed E-state index contributed by atoms with van der Waals surface area (Å²) in [5.41, 5.74) is 2.14. The van der Waals surface area contributed by atoms with E-state index in [1.165, 1.54) is 45.6 Å². The van der Waals surface area contributed by atoms with E-state index in [1.54, 1.807) is 11.3 Å². The van der Waals surface area contributed by atoms with Crippen LogP contribution in [0.1, 0.15) is 109 Å². The van der Waals surface area contributed by atoms with Gasteiger partial charge in [0.2, 0.25) is 0 Å². The molecule has 244 valence electrons. The molecular formula is C40H43NOS5. The van der Waals surface area contributed by atoms with Crippen molar-refractivity contribution in [2.45, 2.75) is 104 Å². The number of thiocarbonyl (C=S) groups is 2. The molecular weight excluding hydrogens is 671 g/mol. The highest BCUT2D eigenvalue weighted by Gasteiger charge is 2.43. The van der Waals surface area contributed by atoms with Crippen LogP contribution in [0, 0.1) is 0 Å². The van der Waals surface area contributed by atoms with E-state index in [9.17, 15) is 0 Å². The molecule has 0 radical (unpaired) electrons. The second kappa shape index (κ2) is 12.2. The zero-order valence-electron chi connectivity index (χ0n) is 28.6. The summed E-state index contributed by atoms with van der Waals surface area (Å²) >= 11 is 17.8. The van der Waals surface area contributed by atoms with Gasteiger partial charge in [0.25, 0.3) is 0 Å². The number of unbranched alkanes of at least 4 members (excludes halogenated alkanes) is 1. The van der Waals surface area contributed by atoms with Gasteiger partial charge in [-0.1, -0.05) is 91.0 Å². The summed E-state index contributed by atoms with van der Waals surface area (Å²) in [6.45, 7) is 18.2. The first-order valence-electron chi connectivity index (χ1n) is 17.0. The molecule has 0 fully saturated rings. The Hall–Kier alpha value is -2.42.